The second-order valence-corrected chi connectivity index (χ2v) is 6.00. The number of halogens is 1. The van der Waals surface area contributed by atoms with Crippen molar-refractivity contribution in [2.24, 2.45) is 0 Å². The highest BCUT2D eigenvalue weighted by Crippen LogP contribution is 2.26. The van der Waals surface area contributed by atoms with Gasteiger partial charge in [-0.15, -0.1) is 12.4 Å². The summed E-state index contributed by atoms with van der Waals surface area (Å²) >= 11 is 0. The molecule has 1 amide bonds. The number of nitrogens with one attached hydrogen (secondary N) is 1. The Morgan fingerprint density at radius 2 is 1.81 bits per heavy atom. The van der Waals surface area contributed by atoms with Gasteiger partial charge in [-0.25, -0.2) is 0 Å². The maximum Gasteiger partial charge on any atom is 0.253 e. The number of piperidine rings is 2. The second kappa shape index (κ2) is 7.81. The maximum absolute atomic E-state index is 12.5. The molecule has 2 aliphatic rings. The maximum atomic E-state index is 12.5. The zero-order valence-corrected chi connectivity index (χ0v) is 13.3. The monoisotopic (exact) mass is 308 g/mol. The van der Waals surface area contributed by atoms with Gasteiger partial charge in [-0.3, -0.25) is 4.79 Å². The summed E-state index contributed by atoms with van der Waals surface area (Å²) in [5.41, 5.74) is 2.22. The molecule has 1 N–H and O–H groups in total. The van der Waals surface area contributed by atoms with Gasteiger partial charge in [0.2, 0.25) is 0 Å². The molecule has 0 radical (unpaired) electrons. The predicted octanol–water partition coefficient (Wildman–Crippen LogP) is 3.20. The molecule has 1 aromatic carbocycles. The minimum atomic E-state index is 0. The summed E-state index contributed by atoms with van der Waals surface area (Å²) in [4.78, 5) is 14.6. The lowest BCUT2D eigenvalue weighted by atomic mass is 9.89. The van der Waals surface area contributed by atoms with E-state index in [1.165, 1.54) is 24.8 Å². The van der Waals surface area contributed by atoms with Crippen LogP contribution in [-0.2, 0) is 0 Å². The van der Waals surface area contributed by atoms with E-state index >= 15 is 0 Å². The lowest BCUT2D eigenvalue weighted by Gasteiger charge is -2.27. The number of carbonyl (C=O) groups excluding carboxylic acids is 1. The van der Waals surface area contributed by atoms with Gasteiger partial charge in [0.15, 0.2) is 0 Å². The number of hydrogen-bond donors (Lipinski definition) is 1. The summed E-state index contributed by atoms with van der Waals surface area (Å²) in [5, 5.41) is 3.40. The first-order valence-corrected chi connectivity index (χ1v) is 7.94. The van der Waals surface area contributed by atoms with E-state index in [1.54, 1.807) is 0 Å². The lowest BCUT2D eigenvalue weighted by Crippen LogP contribution is -2.35. The first-order valence-electron chi connectivity index (χ1n) is 7.94. The molecule has 0 aliphatic carbocycles. The van der Waals surface area contributed by atoms with E-state index in [9.17, 15) is 4.79 Å². The largest absolute Gasteiger partial charge is 0.339 e. The molecule has 0 bridgehead atoms. The van der Waals surface area contributed by atoms with Crippen molar-refractivity contribution in [1.82, 2.24) is 10.2 Å². The molecule has 2 heterocycles. The zero-order valence-electron chi connectivity index (χ0n) is 12.5. The van der Waals surface area contributed by atoms with Crippen LogP contribution >= 0.6 is 12.4 Å². The third kappa shape index (κ3) is 3.98. The molecule has 0 spiro atoms. The summed E-state index contributed by atoms with van der Waals surface area (Å²) in [7, 11) is 0. The Balaban J connectivity index is 0.00000161. The van der Waals surface area contributed by atoms with Crippen molar-refractivity contribution < 1.29 is 4.79 Å². The van der Waals surface area contributed by atoms with Crippen LogP contribution in [-0.4, -0.2) is 37.0 Å². The number of amides is 1. The standard InChI is InChI=1S/C17H24N2O.ClH/c20-17(19-11-2-1-3-12-19)16-6-4-5-15(13-16)14-7-9-18-10-8-14;/h4-6,13-14,18H,1-3,7-12H2;1H. The number of rotatable bonds is 2. The molecule has 0 aromatic heterocycles. The number of carbonyl (C=O) groups is 1. The minimum Gasteiger partial charge on any atom is -0.339 e. The SMILES string of the molecule is Cl.O=C(c1cccc(C2CCNCC2)c1)N1CCCCC1. The predicted molar refractivity (Wildman–Crippen MR) is 88.3 cm³/mol. The highest BCUT2D eigenvalue weighted by Gasteiger charge is 2.20. The van der Waals surface area contributed by atoms with E-state index in [-0.39, 0.29) is 18.3 Å². The van der Waals surface area contributed by atoms with E-state index in [2.05, 4.69) is 23.5 Å². The Morgan fingerprint density at radius 1 is 1.10 bits per heavy atom. The van der Waals surface area contributed by atoms with Crippen LogP contribution in [0.2, 0.25) is 0 Å². The quantitative estimate of drug-likeness (QED) is 0.910. The fraction of sp³-hybridized carbons (Fsp3) is 0.588. The van der Waals surface area contributed by atoms with Crippen LogP contribution in [0.1, 0.15) is 53.9 Å². The number of benzene rings is 1. The molecule has 0 unspecified atom stereocenters. The number of hydrogen-bond acceptors (Lipinski definition) is 2. The molecule has 4 heteroatoms. The van der Waals surface area contributed by atoms with Gasteiger partial charge in [0.05, 0.1) is 0 Å². The van der Waals surface area contributed by atoms with Gasteiger partial charge in [0, 0.05) is 18.7 Å². The molecule has 21 heavy (non-hydrogen) atoms. The summed E-state index contributed by atoms with van der Waals surface area (Å²) in [6.45, 7) is 4.04. The Kier molecular flexibility index (Phi) is 6.07. The summed E-state index contributed by atoms with van der Waals surface area (Å²) in [5.74, 6) is 0.839. The summed E-state index contributed by atoms with van der Waals surface area (Å²) in [6.07, 6.45) is 5.93. The second-order valence-electron chi connectivity index (χ2n) is 6.00. The molecule has 3 rings (SSSR count). The molecule has 116 valence electrons. The number of likely N-dealkylation sites (tertiary alicyclic amines) is 1. The van der Waals surface area contributed by atoms with Crippen molar-refractivity contribution in [3.63, 3.8) is 0 Å². The molecule has 0 saturated carbocycles. The van der Waals surface area contributed by atoms with Gasteiger partial charge in [-0.05, 0) is 68.8 Å². The van der Waals surface area contributed by atoms with E-state index in [4.69, 9.17) is 0 Å². The zero-order chi connectivity index (χ0) is 13.8. The van der Waals surface area contributed by atoms with Crippen LogP contribution in [0, 0.1) is 0 Å². The summed E-state index contributed by atoms with van der Waals surface area (Å²) < 4.78 is 0. The molecule has 1 aromatic rings. The third-order valence-electron chi connectivity index (χ3n) is 4.59. The van der Waals surface area contributed by atoms with Crippen LogP contribution in [0.3, 0.4) is 0 Å². The van der Waals surface area contributed by atoms with Gasteiger partial charge in [-0.1, -0.05) is 12.1 Å². The van der Waals surface area contributed by atoms with Crippen LogP contribution in [0.5, 0.6) is 0 Å². The fourth-order valence-corrected chi connectivity index (χ4v) is 3.36. The highest BCUT2D eigenvalue weighted by atomic mass is 35.5. The van der Waals surface area contributed by atoms with Gasteiger partial charge >= 0.3 is 0 Å². The number of nitrogens with zero attached hydrogens (tertiary/aromatic N) is 1. The lowest BCUT2D eigenvalue weighted by molar-refractivity contribution is 0.0724. The van der Waals surface area contributed by atoms with Crippen molar-refractivity contribution in [2.75, 3.05) is 26.2 Å². The fourth-order valence-electron chi connectivity index (χ4n) is 3.36. The highest BCUT2D eigenvalue weighted by molar-refractivity contribution is 5.94. The van der Waals surface area contributed by atoms with Crippen molar-refractivity contribution in [3.05, 3.63) is 35.4 Å². The Labute approximate surface area is 133 Å². The summed E-state index contributed by atoms with van der Waals surface area (Å²) in [6, 6.07) is 8.34. The first kappa shape index (κ1) is 16.3. The molecule has 2 fully saturated rings. The normalized spacial score (nSPS) is 19.9. The van der Waals surface area contributed by atoms with E-state index in [0.29, 0.717) is 5.92 Å². The Morgan fingerprint density at radius 3 is 2.52 bits per heavy atom. The Hall–Kier alpha value is -1.06. The van der Waals surface area contributed by atoms with Crippen molar-refractivity contribution in [2.45, 2.75) is 38.0 Å². The van der Waals surface area contributed by atoms with Gasteiger partial charge in [-0.2, -0.15) is 0 Å². The van der Waals surface area contributed by atoms with Crippen LogP contribution in [0.15, 0.2) is 24.3 Å². The van der Waals surface area contributed by atoms with Crippen LogP contribution < -0.4 is 5.32 Å². The van der Waals surface area contributed by atoms with Gasteiger partial charge in [0.1, 0.15) is 0 Å². The van der Waals surface area contributed by atoms with Gasteiger partial charge in [0.25, 0.3) is 5.91 Å². The molecule has 0 atom stereocenters. The van der Waals surface area contributed by atoms with Crippen molar-refractivity contribution in [1.29, 1.82) is 0 Å². The first-order chi connectivity index (χ1) is 9.84. The van der Waals surface area contributed by atoms with Crippen LogP contribution in [0.25, 0.3) is 0 Å². The van der Waals surface area contributed by atoms with Crippen molar-refractivity contribution in [3.8, 4) is 0 Å². The molecular formula is C17H25ClN2O. The van der Waals surface area contributed by atoms with Crippen molar-refractivity contribution >= 4 is 18.3 Å². The van der Waals surface area contributed by atoms with Gasteiger partial charge < -0.3 is 10.2 Å². The van der Waals surface area contributed by atoms with E-state index in [0.717, 1.165) is 44.6 Å². The van der Waals surface area contributed by atoms with E-state index in [1.807, 2.05) is 11.0 Å². The molecule has 2 aliphatic heterocycles. The Bertz CT molecular complexity index is 466. The topological polar surface area (TPSA) is 32.3 Å². The smallest absolute Gasteiger partial charge is 0.253 e. The molecular weight excluding hydrogens is 284 g/mol. The average Bonchev–Trinajstić information content (AvgIpc) is 2.56. The molecule has 2 saturated heterocycles. The van der Waals surface area contributed by atoms with Crippen LogP contribution in [0.4, 0.5) is 0 Å². The average molecular weight is 309 g/mol. The third-order valence-corrected chi connectivity index (χ3v) is 4.59. The molecule has 3 nitrogen and oxygen atoms in total. The van der Waals surface area contributed by atoms with E-state index < -0.39 is 0 Å². The minimum absolute atomic E-state index is 0.